The maximum Gasteiger partial charge on any atom is 0.195 e. The predicted octanol–water partition coefficient (Wildman–Crippen LogP) is 2.11. The van der Waals surface area contributed by atoms with Crippen LogP contribution in [0.5, 0.6) is 5.75 Å². The summed E-state index contributed by atoms with van der Waals surface area (Å²) in [7, 11) is 1.62. The first kappa shape index (κ1) is 14.4. The van der Waals surface area contributed by atoms with E-state index in [0.29, 0.717) is 11.1 Å². The van der Waals surface area contributed by atoms with Gasteiger partial charge < -0.3 is 10.4 Å². The molecular weight excluding hydrogens is 306 g/mol. The van der Waals surface area contributed by atoms with Crippen LogP contribution in [0, 0.1) is 6.92 Å². The van der Waals surface area contributed by atoms with Gasteiger partial charge in [0, 0.05) is 39.7 Å². The molecule has 0 spiro atoms. The third kappa shape index (κ3) is 1.61. The first-order chi connectivity index (χ1) is 11.5. The van der Waals surface area contributed by atoms with Gasteiger partial charge in [-0.05, 0) is 30.7 Å². The minimum atomic E-state index is -0.401. The lowest BCUT2D eigenvalue weighted by Crippen LogP contribution is -2.07. The number of hydrogen-bond donors (Lipinski definition) is 2. The molecule has 5 heteroatoms. The molecule has 0 aromatic heterocycles. The summed E-state index contributed by atoms with van der Waals surface area (Å²) >= 11 is 0. The van der Waals surface area contributed by atoms with E-state index in [2.05, 4.69) is 5.32 Å². The van der Waals surface area contributed by atoms with Crippen molar-refractivity contribution in [1.82, 2.24) is 0 Å². The van der Waals surface area contributed by atoms with Crippen molar-refractivity contribution in [2.75, 3.05) is 12.4 Å². The van der Waals surface area contributed by atoms with Crippen LogP contribution >= 0.6 is 0 Å². The van der Waals surface area contributed by atoms with Crippen molar-refractivity contribution in [3.8, 4) is 16.9 Å². The summed E-state index contributed by atoms with van der Waals surface area (Å²) in [6.45, 7) is 1.77. The molecule has 0 heterocycles. The number of phenolic OH excluding ortho intramolecular Hbond substituents is 1. The Hall–Kier alpha value is -3.21. The molecule has 2 aromatic carbocycles. The van der Waals surface area contributed by atoms with Gasteiger partial charge in [0.2, 0.25) is 0 Å². The predicted molar refractivity (Wildman–Crippen MR) is 95.2 cm³/mol. The van der Waals surface area contributed by atoms with Crippen molar-refractivity contribution in [3.63, 3.8) is 0 Å². The van der Waals surface area contributed by atoms with Gasteiger partial charge in [-0.15, -0.1) is 0 Å². The highest BCUT2D eigenvalue weighted by molar-refractivity contribution is 6.22. The van der Waals surface area contributed by atoms with E-state index < -0.39 is 5.43 Å². The SMILES string of the molecule is CNc1c(O)c2c3c(=O)cccc-3c(=O)c2c2c(=O)cc(C)cc12. The zero-order chi connectivity index (χ0) is 17.2. The van der Waals surface area contributed by atoms with Crippen LogP contribution in [0.4, 0.5) is 5.69 Å². The van der Waals surface area contributed by atoms with Crippen LogP contribution < -0.4 is 21.6 Å². The van der Waals surface area contributed by atoms with Crippen molar-refractivity contribution < 1.29 is 5.11 Å². The molecule has 2 aliphatic carbocycles. The number of aryl methyl sites for hydroxylation is 1. The van der Waals surface area contributed by atoms with Gasteiger partial charge in [-0.25, -0.2) is 0 Å². The Kier molecular flexibility index (Phi) is 2.78. The Balaban J connectivity index is 2.51. The summed E-state index contributed by atoms with van der Waals surface area (Å²) in [5.41, 5.74) is 0.406. The number of phenols is 1. The van der Waals surface area contributed by atoms with E-state index in [4.69, 9.17) is 0 Å². The second kappa shape index (κ2) is 4.64. The van der Waals surface area contributed by atoms with Crippen molar-refractivity contribution in [1.29, 1.82) is 0 Å². The fourth-order valence-electron chi connectivity index (χ4n) is 3.54. The highest BCUT2D eigenvalue weighted by Crippen LogP contribution is 2.43. The van der Waals surface area contributed by atoms with Gasteiger partial charge >= 0.3 is 0 Å². The monoisotopic (exact) mass is 319 g/mol. The van der Waals surface area contributed by atoms with E-state index in [1.165, 1.54) is 18.2 Å². The van der Waals surface area contributed by atoms with Gasteiger partial charge in [0.25, 0.3) is 0 Å². The Bertz CT molecular complexity index is 1260. The fraction of sp³-hybridized carbons (Fsp3) is 0.105. The Morgan fingerprint density at radius 1 is 0.958 bits per heavy atom. The highest BCUT2D eigenvalue weighted by atomic mass is 16.3. The van der Waals surface area contributed by atoms with E-state index in [-0.39, 0.29) is 43.9 Å². The molecule has 4 rings (SSSR count). The number of rotatable bonds is 1. The van der Waals surface area contributed by atoms with E-state index in [1.807, 2.05) is 0 Å². The molecule has 0 bridgehead atoms. The molecule has 2 aromatic rings. The van der Waals surface area contributed by atoms with Crippen LogP contribution in [0.1, 0.15) is 5.56 Å². The van der Waals surface area contributed by atoms with Crippen molar-refractivity contribution >= 4 is 27.2 Å². The van der Waals surface area contributed by atoms with Crippen molar-refractivity contribution in [2.45, 2.75) is 6.92 Å². The summed E-state index contributed by atoms with van der Waals surface area (Å²) in [5.74, 6) is -0.180. The summed E-state index contributed by atoms with van der Waals surface area (Å²) < 4.78 is 0. The van der Waals surface area contributed by atoms with Crippen molar-refractivity contribution in [2.24, 2.45) is 0 Å². The molecule has 0 unspecified atom stereocenters. The topological polar surface area (TPSA) is 83.5 Å². The molecule has 24 heavy (non-hydrogen) atoms. The number of anilines is 1. The summed E-state index contributed by atoms with van der Waals surface area (Å²) in [6.07, 6.45) is 0. The van der Waals surface area contributed by atoms with Gasteiger partial charge in [-0.3, -0.25) is 14.4 Å². The minimum absolute atomic E-state index is 0.116. The Morgan fingerprint density at radius 2 is 1.71 bits per heavy atom. The quantitative estimate of drug-likeness (QED) is 0.525. The summed E-state index contributed by atoms with van der Waals surface area (Å²) in [5, 5.41) is 14.6. The second-order valence-corrected chi connectivity index (χ2v) is 5.92. The maximum atomic E-state index is 12.8. The van der Waals surface area contributed by atoms with Crippen LogP contribution in [0.25, 0.3) is 32.7 Å². The van der Waals surface area contributed by atoms with Gasteiger partial charge in [-0.1, -0.05) is 12.1 Å². The molecule has 118 valence electrons. The van der Waals surface area contributed by atoms with Crippen LogP contribution in [0.15, 0.2) is 44.7 Å². The lowest BCUT2D eigenvalue weighted by atomic mass is 9.98. The third-order valence-electron chi connectivity index (χ3n) is 4.49. The summed E-state index contributed by atoms with van der Waals surface area (Å²) in [4.78, 5) is 37.7. The lowest BCUT2D eigenvalue weighted by molar-refractivity contribution is 0.484. The van der Waals surface area contributed by atoms with E-state index >= 15 is 0 Å². The molecule has 0 amide bonds. The van der Waals surface area contributed by atoms with Gasteiger partial charge in [-0.2, -0.15) is 0 Å². The maximum absolute atomic E-state index is 12.8. The number of hydrogen-bond acceptors (Lipinski definition) is 5. The van der Waals surface area contributed by atoms with Gasteiger partial charge in [0.05, 0.1) is 5.69 Å². The van der Waals surface area contributed by atoms with E-state index in [9.17, 15) is 19.5 Å². The first-order valence-electron chi connectivity index (χ1n) is 7.48. The van der Waals surface area contributed by atoms with Crippen LogP contribution in [0.3, 0.4) is 0 Å². The number of fused-ring (bicyclic) bond motifs is 5. The van der Waals surface area contributed by atoms with E-state index in [0.717, 1.165) is 5.56 Å². The molecule has 0 fully saturated rings. The molecule has 0 saturated carbocycles. The average molecular weight is 319 g/mol. The highest BCUT2D eigenvalue weighted by Gasteiger charge is 2.26. The van der Waals surface area contributed by atoms with E-state index in [1.54, 1.807) is 26.1 Å². The zero-order valence-electron chi connectivity index (χ0n) is 13.1. The summed E-state index contributed by atoms with van der Waals surface area (Å²) in [6, 6.07) is 7.59. The third-order valence-corrected chi connectivity index (χ3v) is 4.49. The molecule has 0 radical (unpaired) electrons. The van der Waals surface area contributed by atoms with Gasteiger partial charge in [0.1, 0.15) is 5.75 Å². The normalized spacial score (nSPS) is 11.6. The molecule has 5 nitrogen and oxygen atoms in total. The van der Waals surface area contributed by atoms with Crippen molar-refractivity contribution in [3.05, 3.63) is 66.6 Å². The Labute approximate surface area is 135 Å². The standard InChI is InChI=1S/C19H13NO4/c1-8-6-10-14(12(22)7-8)15-16(19(24)17(10)20-2)13-9(18(15)23)4-3-5-11(13)21/h3-7,20,24H,1-2H3. The molecule has 0 atom stereocenters. The fourth-order valence-corrected chi connectivity index (χ4v) is 3.54. The first-order valence-corrected chi connectivity index (χ1v) is 7.48. The number of aromatic hydroxyl groups is 1. The van der Waals surface area contributed by atoms with Crippen LogP contribution in [-0.2, 0) is 0 Å². The van der Waals surface area contributed by atoms with Crippen LogP contribution in [0.2, 0.25) is 0 Å². The smallest absolute Gasteiger partial charge is 0.195 e. The lowest BCUT2D eigenvalue weighted by Gasteiger charge is -2.11. The number of nitrogens with one attached hydrogen (secondary N) is 1. The zero-order valence-corrected chi connectivity index (χ0v) is 13.1. The molecule has 2 aliphatic rings. The molecule has 0 aliphatic heterocycles. The average Bonchev–Trinajstić information content (AvgIpc) is 2.82. The minimum Gasteiger partial charge on any atom is -0.505 e. The molecular formula is C19H13NO4. The molecule has 0 saturated heterocycles. The van der Waals surface area contributed by atoms with Crippen LogP contribution in [-0.4, -0.2) is 12.2 Å². The second-order valence-electron chi connectivity index (χ2n) is 5.92. The number of benzene rings is 3. The van der Waals surface area contributed by atoms with Gasteiger partial charge in [0.15, 0.2) is 16.3 Å². The molecule has 2 N–H and O–H groups in total. The Morgan fingerprint density at radius 3 is 2.42 bits per heavy atom. The largest absolute Gasteiger partial charge is 0.505 e.